The Morgan fingerprint density at radius 2 is 2.25 bits per heavy atom. The van der Waals surface area contributed by atoms with Crippen molar-refractivity contribution in [3.8, 4) is 0 Å². The molecule has 0 spiro atoms. The number of hydrogen-bond donors (Lipinski definition) is 0. The van der Waals surface area contributed by atoms with Gasteiger partial charge in [-0.2, -0.15) is 0 Å². The molecule has 0 saturated heterocycles. The van der Waals surface area contributed by atoms with Gasteiger partial charge in [0.2, 0.25) is 4.87 Å². The Morgan fingerprint density at radius 1 is 1.56 bits per heavy atom. The molecule has 86 valence electrons. The zero-order valence-electron chi connectivity index (χ0n) is 9.20. The van der Waals surface area contributed by atoms with Crippen LogP contribution in [0.5, 0.6) is 0 Å². The van der Waals surface area contributed by atoms with Crippen molar-refractivity contribution in [2.24, 2.45) is 0 Å². The molecule has 1 aromatic rings. The van der Waals surface area contributed by atoms with Gasteiger partial charge in [0.25, 0.3) is 0 Å². The lowest BCUT2D eigenvalue weighted by Gasteiger charge is -2.19. The first kappa shape index (κ1) is 12.7. The number of benzene rings is 1. The maximum absolute atomic E-state index is 11.6. The van der Waals surface area contributed by atoms with Crippen LogP contribution in [0, 0.1) is 6.92 Å². The SMILES string of the molecule is CCOC(=O)C(Cl)(C=O)c1cccc(C)c1. The van der Waals surface area contributed by atoms with Crippen molar-refractivity contribution in [2.45, 2.75) is 18.7 Å². The van der Waals surface area contributed by atoms with E-state index in [9.17, 15) is 9.59 Å². The summed E-state index contributed by atoms with van der Waals surface area (Å²) in [5.41, 5.74) is 1.36. The molecule has 0 aliphatic rings. The van der Waals surface area contributed by atoms with Crippen LogP contribution in [0.1, 0.15) is 18.1 Å². The summed E-state index contributed by atoms with van der Waals surface area (Å²) in [6.45, 7) is 3.71. The highest BCUT2D eigenvalue weighted by Crippen LogP contribution is 2.29. The molecule has 16 heavy (non-hydrogen) atoms. The van der Waals surface area contributed by atoms with E-state index in [2.05, 4.69) is 0 Å². The average Bonchev–Trinajstić information content (AvgIpc) is 2.28. The van der Waals surface area contributed by atoms with Crippen molar-refractivity contribution in [3.05, 3.63) is 35.4 Å². The largest absolute Gasteiger partial charge is 0.464 e. The first-order chi connectivity index (χ1) is 7.54. The van der Waals surface area contributed by atoms with E-state index in [1.165, 1.54) is 0 Å². The van der Waals surface area contributed by atoms with E-state index < -0.39 is 10.8 Å². The predicted octanol–water partition coefficient (Wildman–Crippen LogP) is 2.19. The molecule has 0 radical (unpaired) electrons. The summed E-state index contributed by atoms with van der Waals surface area (Å²) in [6, 6.07) is 6.92. The number of ether oxygens (including phenoxy) is 1. The third-order valence-corrected chi connectivity index (χ3v) is 2.63. The van der Waals surface area contributed by atoms with Crippen molar-refractivity contribution in [1.29, 1.82) is 0 Å². The van der Waals surface area contributed by atoms with Crippen LogP contribution in [0.2, 0.25) is 0 Å². The number of carbonyl (C=O) groups excluding carboxylic acids is 2. The van der Waals surface area contributed by atoms with Gasteiger partial charge in [-0.1, -0.05) is 41.4 Å². The predicted molar refractivity (Wildman–Crippen MR) is 61.4 cm³/mol. The minimum absolute atomic E-state index is 0.187. The van der Waals surface area contributed by atoms with Crippen LogP contribution >= 0.6 is 11.6 Å². The molecule has 0 N–H and O–H groups in total. The molecule has 0 amide bonds. The molecular formula is C12H13ClO3. The number of hydrogen-bond acceptors (Lipinski definition) is 3. The van der Waals surface area contributed by atoms with E-state index in [1.807, 2.05) is 13.0 Å². The summed E-state index contributed by atoms with van der Waals surface area (Å²) < 4.78 is 4.79. The number of rotatable bonds is 4. The smallest absolute Gasteiger partial charge is 0.339 e. The second-order valence-corrected chi connectivity index (χ2v) is 4.02. The zero-order chi connectivity index (χ0) is 12.2. The number of carbonyl (C=O) groups is 2. The molecule has 0 heterocycles. The average molecular weight is 241 g/mol. The second-order valence-electron chi connectivity index (χ2n) is 3.42. The second kappa shape index (κ2) is 5.12. The van der Waals surface area contributed by atoms with Gasteiger partial charge in [-0.05, 0) is 19.4 Å². The first-order valence-corrected chi connectivity index (χ1v) is 5.32. The molecule has 1 unspecified atom stereocenters. The van der Waals surface area contributed by atoms with Gasteiger partial charge in [0.05, 0.1) is 6.61 Å². The van der Waals surface area contributed by atoms with Crippen LogP contribution in [-0.4, -0.2) is 18.9 Å². The number of esters is 1. The highest BCUT2D eigenvalue weighted by Gasteiger charge is 2.39. The van der Waals surface area contributed by atoms with E-state index in [1.54, 1.807) is 25.1 Å². The van der Waals surface area contributed by atoms with Gasteiger partial charge >= 0.3 is 5.97 Å². The standard InChI is InChI=1S/C12H13ClO3/c1-3-16-11(15)12(13,8-14)10-6-4-5-9(2)7-10/h4-8H,3H2,1-2H3. The lowest BCUT2D eigenvalue weighted by atomic mass is 9.98. The minimum atomic E-state index is -1.73. The first-order valence-electron chi connectivity index (χ1n) is 4.94. The van der Waals surface area contributed by atoms with Gasteiger partial charge in [0.15, 0.2) is 6.29 Å². The Kier molecular flexibility index (Phi) is 4.07. The Labute approximate surface area is 99.4 Å². The maximum Gasteiger partial charge on any atom is 0.339 e. The van der Waals surface area contributed by atoms with E-state index >= 15 is 0 Å². The minimum Gasteiger partial charge on any atom is -0.464 e. The molecule has 1 rings (SSSR count). The Morgan fingerprint density at radius 3 is 2.75 bits per heavy atom. The third kappa shape index (κ3) is 2.42. The maximum atomic E-state index is 11.6. The lowest BCUT2D eigenvalue weighted by Crippen LogP contribution is -2.33. The van der Waals surface area contributed by atoms with E-state index in [-0.39, 0.29) is 6.61 Å². The molecule has 0 saturated carbocycles. The Bertz CT molecular complexity index is 403. The fourth-order valence-electron chi connectivity index (χ4n) is 1.34. The summed E-state index contributed by atoms with van der Waals surface area (Å²) in [5.74, 6) is -0.739. The topological polar surface area (TPSA) is 43.4 Å². The van der Waals surface area contributed by atoms with Crippen molar-refractivity contribution < 1.29 is 14.3 Å². The van der Waals surface area contributed by atoms with Crippen molar-refractivity contribution in [3.63, 3.8) is 0 Å². The van der Waals surface area contributed by atoms with Gasteiger partial charge in [-0.3, -0.25) is 0 Å². The summed E-state index contributed by atoms with van der Waals surface area (Å²) in [7, 11) is 0. The Hall–Kier alpha value is -1.35. The van der Waals surface area contributed by atoms with Crippen molar-refractivity contribution >= 4 is 23.9 Å². The van der Waals surface area contributed by atoms with Gasteiger partial charge < -0.3 is 9.53 Å². The summed E-state index contributed by atoms with van der Waals surface area (Å²) in [6.07, 6.45) is 0.404. The lowest BCUT2D eigenvalue weighted by molar-refractivity contribution is -0.147. The summed E-state index contributed by atoms with van der Waals surface area (Å²) in [5, 5.41) is 0. The van der Waals surface area contributed by atoms with E-state index in [0.29, 0.717) is 11.8 Å². The molecule has 4 heteroatoms. The summed E-state index contributed by atoms with van der Waals surface area (Å²) >= 11 is 6.01. The molecule has 1 atom stereocenters. The normalized spacial score (nSPS) is 13.9. The molecule has 0 aromatic heterocycles. The van der Waals surface area contributed by atoms with Gasteiger partial charge in [-0.15, -0.1) is 0 Å². The molecule has 0 aliphatic carbocycles. The monoisotopic (exact) mass is 240 g/mol. The summed E-state index contributed by atoms with van der Waals surface area (Å²) in [4.78, 5) is 20.9. The van der Waals surface area contributed by atoms with Crippen LogP contribution in [-0.2, 0) is 19.2 Å². The Balaban J connectivity index is 3.14. The van der Waals surface area contributed by atoms with Gasteiger partial charge in [-0.25, -0.2) is 4.79 Å². The van der Waals surface area contributed by atoms with Gasteiger partial charge in [0.1, 0.15) is 0 Å². The molecule has 0 bridgehead atoms. The van der Waals surface area contributed by atoms with E-state index in [4.69, 9.17) is 16.3 Å². The van der Waals surface area contributed by atoms with E-state index in [0.717, 1.165) is 5.56 Å². The molecule has 0 aliphatic heterocycles. The van der Waals surface area contributed by atoms with Crippen molar-refractivity contribution in [1.82, 2.24) is 0 Å². The van der Waals surface area contributed by atoms with Gasteiger partial charge in [0, 0.05) is 0 Å². The van der Waals surface area contributed by atoms with Crippen LogP contribution in [0.3, 0.4) is 0 Å². The van der Waals surface area contributed by atoms with Crippen molar-refractivity contribution in [2.75, 3.05) is 6.61 Å². The highest BCUT2D eigenvalue weighted by molar-refractivity contribution is 6.42. The fraction of sp³-hybridized carbons (Fsp3) is 0.333. The number of aryl methyl sites for hydroxylation is 1. The van der Waals surface area contributed by atoms with Crippen LogP contribution in [0.15, 0.2) is 24.3 Å². The number of alkyl halides is 1. The van der Waals surface area contributed by atoms with Crippen LogP contribution < -0.4 is 0 Å². The number of aldehydes is 1. The van der Waals surface area contributed by atoms with Crippen LogP contribution in [0.25, 0.3) is 0 Å². The number of halogens is 1. The molecule has 1 aromatic carbocycles. The fourth-order valence-corrected chi connectivity index (χ4v) is 1.51. The highest BCUT2D eigenvalue weighted by atomic mass is 35.5. The molecule has 0 fully saturated rings. The molecular weight excluding hydrogens is 228 g/mol. The zero-order valence-corrected chi connectivity index (χ0v) is 9.95. The quantitative estimate of drug-likeness (QED) is 0.351. The molecule has 3 nitrogen and oxygen atoms in total. The third-order valence-electron chi connectivity index (χ3n) is 2.17. The van der Waals surface area contributed by atoms with Crippen LogP contribution in [0.4, 0.5) is 0 Å².